The molecule has 1 amide bonds. The summed E-state index contributed by atoms with van der Waals surface area (Å²) in [6.07, 6.45) is 0.392. The van der Waals surface area contributed by atoms with Crippen LogP contribution in [0.15, 0.2) is 59.0 Å². The van der Waals surface area contributed by atoms with Gasteiger partial charge in [-0.1, -0.05) is 12.1 Å². The SMILES string of the molecule is COCCCN1C(=O)C(=O)/C(=C(/O)c2ccc(S(=O)(=O)N3CCOCC3)cc2)C1c1cccc([N+](=O)[O-])c1. The maximum Gasteiger partial charge on any atom is 0.295 e. The molecule has 0 bridgehead atoms. The lowest BCUT2D eigenvalue weighted by Crippen LogP contribution is -2.40. The highest BCUT2D eigenvalue weighted by Crippen LogP contribution is 2.40. The van der Waals surface area contributed by atoms with Gasteiger partial charge in [-0.25, -0.2) is 8.42 Å². The number of morpholine rings is 1. The number of ketones is 1. The van der Waals surface area contributed by atoms with Crippen LogP contribution in [-0.4, -0.2) is 85.9 Å². The van der Waals surface area contributed by atoms with Crippen LogP contribution in [0.5, 0.6) is 0 Å². The number of carbonyl (C=O) groups is 2. The Morgan fingerprint density at radius 1 is 1.16 bits per heavy atom. The van der Waals surface area contributed by atoms with Gasteiger partial charge in [-0.2, -0.15) is 4.31 Å². The zero-order valence-electron chi connectivity index (χ0n) is 20.6. The Labute approximate surface area is 219 Å². The number of carbonyl (C=O) groups excluding carboxylic acids is 2. The lowest BCUT2D eigenvalue weighted by Gasteiger charge is -2.26. The van der Waals surface area contributed by atoms with E-state index in [2.05, 4.69) is 0 Å². The molecule has 1 N–H and O–H groups in total. The average Bonchev–Trinajstić information content (AvgIpc) is 3.18. The maximum absolute atomic E-state index is 13.1. The summed E-state index contributed by atoms with van der Waals surface area (Å²) < 4.78 is 37.4. The molecular weight excluding hydrogens is 518 g/mol. The van der Waals surface area contributed by atoms with Gasteiger partial charge in [-0.3, -0.25) is 19.7 Å². The second kappa shape index (κ2) is 11.4. The Hall–Kier alpha value is -3.65. The van der Waals surface area contributed by atoms with Gasteiger partial charge in [-0.05, 0) is 36.2 Å². The van der Waals surface area contributed by atoms with E-state index >= 15 is 0 Å². The highest BCUT2D eigenvalue weighted by molar-refractivity contribution is 7.89. The number of sulfonamides is 1. The Morgan fingerprint density at radius 2 is 1.84 bits per heavy atom. The van der Waals surface area contributed by atoms with E-state index in [4.69, 9.17) is 9.47 Å². The zero-order valence-corrected chi connectivity index (χ0v) is 21.4. The van der Waals surface area contributed by atoms with E-state index in [0.29, 0.717) is 26.2 Å². The topological polar surface area (TPSA) is 157 Å². The summed E-state index contributed by atoms with van der Waals surface area (Å²) in [6.45, 7) is 1.45. The largest absolute Gasteiger partial charge is 0.507 e. The van der Waals surface area contributed by atoms with Crippen LogP contribution in [-0.2, 0) is 29.1 Å². The standard InChI is InChI=1S/C25H27N3O9S/c1-36-13-3-10-27-22(18-4-2-5-19(16-18)28(32)33)21(24(30)25(27)31)23(29)17-6-8-20(9-7-17)38(34,35)26-11-14-37-15-12-26/h2,4-9,16,22,29H,3,10-15H2,1H3/b23-21+. The van der Waals surface area contributed by atoms with E-state index in [-0.39, 0.29) is 46.9 Å². The number of aliphatic hydroxyl groups is 1. The Kier molecular flexibility index (Phi) is 8.21. The number of hydrogen-bond acceptors (Lipinski definition) is 9. The van der Waals surface area contributed by atoms with E-state index in [1.165, 1.54) is 64.8 Å². The molecular formula is C25H27N3O9S. The van der Waals surface area contributed by atoms with E-state index < -0.39 is 38.4 Å². The van der Waals surface area contributed by atoms with Gasteiger partial charge in [0.25, 0.3) is 17.4 Å². The fourth-order valence-electron chi connectivity index (χ4n) is 4.52. The van der Waals surface area contributed by atoms with Crippen LogP contribution >= 0.6 is 0 Å². The second-order valence-electron chi connectivity index (χ2n) is 8.73. The Morgan fingerprint density at radius 3 is 2.47 bits per heavy atom. The summed E-state index contributed by atoms with van der Waals surface area (Å²) in [7, 11) is -2.29. The third kappa shape index (κ3) is 5.31. The van der Waals surface area contributed by atoms with Gasteiger partial charge in [0, 0.05) is 51.0 Å². The minimum Gasteiger partial charge on any atom is -0.507 e. The summed E-state index contributed by atoms with van der Waals surface area (Å²) in [6, 6.07) is 9.78. The van der Waals surface area contributed by atoms with Gasteiger partial charge in [0.1, 0.15) is 5.76 Å². The van der Waals surface area contributed by atoms with E-state index in [1.54, 1.807) is 0 Å². The summed E-state index contributed by atoms with van der Waals surface area (Å²) in [5.74, 6) is -2.31. The lowest BCUT2D eigenvalue weighted by molar-refractivity contribution is -0.384. The number of nitro benzene ring substituents is 1. The second-order valence-corrected chi connectivity index (χ2v) is 10.7. The molecule has 2 aromatic carbocycles. The third-order valence-electron chi connectivity index (χ3n) is 6.42. The van der Waals surface area contributed by atoms with E-state index in [9.17, 15) is 33.2 Å². The molecule has 13 heteroatoms. The molecule has 38 heavy (non-hydrogen) atoms. The predicted molar refractivity (Wildman–Crippen MR) is 135 cm³/mol. The molecule has 2 heterocycles. The first kappa shape index (κ1) is 27.4. The highest BCUT2D eigenvalue weighted by atomic mass is 32.2. The van der Waals surface area contributed by atoms with Gasteiger partial charge < -0.3 is 19.5 Å². The Balaban J connectivity index is 1.75. The van der Waals surface area contributed by atoms with Crippen molar-refractivity contribution in [2.45, 2.75) is 17.4 Å². The molecule has 0 spiro atoms. The van der Waals surface area contributed by atoms with Crippen molar-refractivity contribution in [2.24, 2.45) is 0 Å². The van der Waals surface area contributed by atoms with Crippen molar-refractivity contribution < 1.29 is 37.5 Å². The molecule has 0 aliphatic carbocycles. The first-order valence-corrected chi connectivity index (χ1v) is 13.3. The molecule has 0 aromatic heterocycles. The number of likely N-dealkylation sites (tertiary alicyclic amines) is 1. The number of benzene rings is 2. The van der Waals surface area contributed by atoms with Crippen LogP contribution in [0.1, 0.15) is 23.6 Å². The number of nitrogens with zero attached hydrogens (tertiary/aromatic N) is 3. The van der Waals surface area contributed by atoms with Crippen LogP contribution in [0.4, 0.5) is 5.69 Å². The fourth-order valence-corrected chi connectivity index (χ4v) is 5.93. The van der Waals surface area contributed by atoms with Gasteiger partial charge in [0.15, 0.2) is 0 Å². The number of non-ortho nitro benzene ring substituents is 1. The summed E-state index contributed by atoms with van der Waals surface area (Å²) in [5, 5.41) is 22.6. The van der Waals surface area contributed by atoms with Crippen molar-refractivity contribution in [3.05, 3.63) is 75.3 Å². The monoisotopic (exact) mass is 545 g/mol. The molecule has 0 radical (unpaired) electrons. The van der Waals surface area contributed by atoms with Crippen molar-refractivity contribution in [3.63, 3.8) is 0 Å². The zero-order chi connectivity index (χ0) is 27.4. The average molecular weight is 546 g/mol. The molecule has 1 unspecified atom stereocenters. The van der Waals surface area contributed by atoms with Gasteiger partial charge in [0.05, 0.1) is 34.6 Å². The first-order chi connectivity index (χ1) is 18.2. The number of hydrogen-bond donors (Lipinski definition) is 1. The summed E-state index contributed by atoms with van der Waals surface area (Å²) in [5.41, 5.74) is -0.0699. The highest BCUT2D eigenvalue weighted by Gasteiger charge is 2.46. The van der Waals surface area contributed by atoms with Crippen LogP contribution in [0.2, 0.25) is 0 Å². The minimum absolute atomic E-state index is 0.00574. The van der Waals surface area contributed by atoms with E-state index in [0.717, 1.165) is 0 Å². The normalized spacial score (nSPS) is 20.1. The van der Waals surface area contributed by atoms with Crippen LogP contribution in [0.25, 0.3) is 5.76 Å². The number of rotatable bonds is 9. The molecule has 2 fully saturated rings. The quantitative estimate of drug-likeness (QED) is 0.124. The van der Waals surface area contributed by atoms with Gasteiger partial charge in [-0.15, -0.1) is 0 Å². The van der Waals surface area contributed by atoms with Crippen molar-refractivity contribution in [2.75, 3.05) is 46.6 Å². The fraction of sp³-hybridized carbons (Fsp3) is 0.360. The molecule has 12 nitrogen and oxygen atoms in total. The number of Topliss-reactive ketones (excluding diaryl/α,β-unsaturated/α-hetero) is 1. The minimum atomic E-state index is -3.78. The first-order valence-electron chi connectivity index (χ1n) is 11.9. The number of ether oxygens (including phenoxy) is 2. The third-order valence-corrected chi connectivity index (χ3v) is 8.33. The number of amides is 1. The molecule has 4 rings (SSSR count). The lowest BCUT2D eigenvalue weighted by atomic mass is 9.95. The van der Waals surface area contributed by atoms with Crippen molar-refractivity contribution in [1.29, 1.82) is 0 Å². The van der Waals surface area contributed by atoms with Crippen LogP contribution in [0, 0.1) is 10.1 Å². The number of methoxy groups -OCH3 is 1. The Bertz CT molecular complexity index is 1370. The maximum atomic E-state index is 13.1. The van der Waals surface area contributed by atoms with E-state index in [1.807, 2.05) is 0 Å². The number of aliphatic hydroxyl groups excluding tert-OH is 1. The van der Waals surface area contributed by atoms with Crippen molar-refractivity contribution in [1.82, 2.24) is 9.21 Å². The molecule has 2 saturated heterocycles. The smallest absolute Gasteiger partial charge is 0.295 e. The molecule has 1 atom stereocenters. The van der Waals surface area contributed by atoms with Gasteiger partial charge >= 0.3 is 0 Å². The van der Waals surface area contributed by atoms with Crippen LogP contribution < -0.4 is 0 Å². The van der Waals surface area contributed by atoms with Crippen molar-refractivity contribution >= 4 is 33.2 Å². The number of nitro groups is 1. The molecule has 0 saturated carbocycles. The van der Waals surface area contributed by atoms with Crippen LogP contribution in [0.3, 0.4) is 0 Å². The molecule has 2 aliphatic rings. The summed E-state index contributed by atoms with van der Waals surface area (Å²) in [4.78, 5) is 38.1. The summed E-state index contributed by atoms with van der Waals surface area (Å²) >= 11 is 0. The molecule has 2 aliphatic heterocycles. The van der Waals surface area contributed by atoms with Crippen molar-refractivity contribution in [3.8, 4) is 0 Å². The molecule has 202 valence electrons. The van der Waals surface area contributed by atoms with Gasteiger partial charge in [0.2, 0.25) is 10.0 Å². The molecule has 2 aromatic rings. The predicted octanol–water partition coefficient (Wildman–Crippen LogP) is 2.07.